The molecule has 80 valence electrons. The number of hydrogen-bond donors (Lipinski definition) is 0. The van der Waals surface area contributed by atoms with E-state index in [1.165, 1.54) is 12.0 Å². The second kappa shape index (κ2) is 4.88. The van der Waals surface area contributed by atoms with Gasteiger partial charge >= 0.3 is 0 Å². The lowest BCUT2D eigenvalue weighted by molar-refractivity contribution is 0.352. The molecule has 0 aliphatic carbocycles. The highest BCUT2D eigenvalue weighted by Crippen LogP contribution is 2.21. The van der Waals surface area contributed by atoms with Crippen LogP contribution >= 0.6 is 23.6 Å². The molecular weight excluding hydrogens is 232 g/mol. The van der Waals surface area contributed by atoms with Gasteiger partial charge in [-0.3, -0.25) is 0 Å². The van der Waals surface area contributed by atoms with Crippen LogP contribution in [0.4, 0.5) is 0 Å². The predicted octanol–water partition coefficient (Wildman–Crippen LogP) is 2.98. The molecule has 0 aliphatic rings. The van der Waals surface area contributed by atoms with E-state index < -0.39 is 0 Å². The average Bonchev–Trinajstić information content (AvgIpc) is 2.64. The highest BCUT2D eigenvalue weighted by atomic mass is 35.5. The van der Waals surface area contributed by atoms with Crippen LogP contribution in [0.15, 0.2) is 24.5 Å². The summed E-state index contributed by atoms with van der Waals surface area (Å²) >= 11 is 7.35. The first kappa shape index (κ1) is 10.8. The molecule has 2 aromatic rings. The third-order valence-electron chi connectivity index (χ3n) is 2.18. The normalized spacial score (nSPS) is 11.1. The molecule has 15 heavy (non-hydrogen) atoms. The molecule has 2 heterocycles. The number of halogens is 1. The third-order valence-corrected chi connectivity index (χ3v) is 2.89. The molecule has 0 aromatic carbocycles. The summed E-state index contributed by atoms with van der Waals surface area (Å²) in [6, 6.07) is 3.93. The summed E-state index contributed by atoms with van der Waals surface area (Å²) in [5, 5.41) is 1.54. The molecule has 3 nitrogen and oxygen atoms in total. The first-order valence-electron chi connectivity index (χ1n) is 4.58. The van der Waals surface area contributed by atoms with Crippen LogP contribution in [0.2, 0.25) is 5.15 Å². The maximum Gasteiger partial charge on any atom is 0.138 e. The SMILES string of the molecule is CSOCCn1ccc2c(Cl)nccc21. The molecule has 0 bridgehead atoms. The summed E-state index contributed by atoms with van der Waals surface area (Å²) in [7, 11) is 0. The first-order valence-corrected chi connectivity index (χ1v) is 6.10. The Bertz CT molecular complexity index is 458. The minimum Gasteiger partial charge on any atom is -0.345 e. The lowest BCUT2D eigenvalue weighted by Crippen LogP contribution is -2.01. The van der Waals surface area contributed by atoms with Crippen LogP contribution in [0, 0.1) is 0 Å². The molecule has 0 atom stereocenters. The third kappa shape index (κ3) is 2.27. The van der Waals surface area contributed by atoms with Crippen molar-refractivity contribution in [1.29, 1.82) is 0 Å². The zero-order chi connectivity index (χ0) is 10.7. The molecule has 0 aliphatic heterocycles. The summed E-state index contributed by atoms with van der Waals surface area (Å²) in [4.78, 5) is 4.03. The summed E-state index contributed by atoms with van der Waals surface area (Å²) in [6.45, 7) is 1.51. The van der Waals surface area contributed by atoms with E-state index >= 15 is 0 Å². The van der Waals surface area contributed by atoms with Gasteiger partial charge in [-0.05, 0) is 24.2 Å². The fourth-order valence-corrected chi connectivity index (χ4v) is 1.96. The molecule has 0 amide bonds. The molecule has 0 radical (unpaired) electrons. The Balaban J connectivity index is 2.25. The van der Waals surface area contributed by atoms with Crippen LogP contribution in [0.25, 0.3) is 10.9 Å². The highest BCUT2D eigenvalue weighted by molar-refractivity contribution is 7.93. The lowest BCUT2D eigenvalue weighted by Gasteiger charge is -2.04. The van der Waals surface area contributed by atoms with Gasteiger partial charge in [0.25, 0.3) is 0 Å². The van der Waals surface area contributed by atoms with E-state index in [2.05, 4.69) is 9.55 Å². The Labute approximate surface area is 97.6 Å². The fourth-order valence-electron chi connectivity index (χ4n) is 1.50. The van der Waals surface area contributed by atoms with Gasteiger partial charge in [0.1, 0.15) is 5.15 Å². The van der Waals surface area contributed by atoms with Crippen LogP contribution in [-0.2, 0) is 10.7 Å². The second-order valence-electron chi connectivity index (χ2n) is 3.03. The number of hydrogen-bond acceptors (Lipinski definition) is 3. The van der Waals surface area contributed by atoms with E-state index in [1.807, 2.05) is 24.6 Å². The number of fused-ring (bicyclic) bond motifs is 1. The first-order chi connectivity index (χ1) is 7.33. The van der Waals surface area contributed by atoms with Crippen LogP contribution in [0.3, 0.4) is 0 Å². The van der Waals surface area contributed by atoms with Gasteiger partial charge in [-0.25, -0.2) is 4.98 Å². The van der Waals surface area contributed by atoms with Crippen LogP contribution in [0.5, 0.6) is 0 Å². The monoisotopic (exact) mass is 242 g/mol. The zero-order valence-corrected chi connectivity index (χ0v) is 9.88. The Morgan fingerprint density at radius 3 is 3.20 bits per heavy atom. The molecule has 2 aromatic heterocycles. The van der Waals surface area contributed by atoms with Gasteiger partial charge in [0.05, 0.1) is 12.1 Å². The van der Waals surface area contributed by atoms with E-state index in [-0.39, 0.29) is 0 Å². The molecule has 0 saturated heterocycles. The topological polar surface area (TPSA) is 27.1 Å². The zero-order valence-electron chi connectivity index (χ0n) is 8.31. The minimum atomic E-state index is 0.553. The quantitative estimate of drug-likeness (QED) is 0.469. The predicted molar refractivity (Wildman–Crippen MR) is 64.2 cm³/mol. The van der Waals surface area contributed by atoms with Crippen molar-refractivity contribution < 1.29 is 4.18 Å². The van der Waals surface area contributed by atoms with Gasteiger partial charge in [-0.15, -0.1) is 0 Å². The van der Waals surface area contributed by atoms with E-state index in [0.29, 0.717) is 11.8 Å². The number of aromatic nitrogens is 2. The number of pyridine rings is 1. The Morgan fingerprint density at radius 1 is 1.53 bits per heavy atom. The summed E-state index contributed by atoms with van der Waals surface area (Å²) in [5.74, 6) is 0. The molecule has 0 N–H and O–H groups in total. The fraction of sp³-hybridized carbons (Fsp3) is 0.300. The molecule has 2 rings (SSSR count). The molecule has 0 saturated carbocycles. The molecule has 5 heteroatoms. The van der Waals surface area contributed by atoms with Crippen molar-refractivity contribution in [3.63, 3.8) is 0 Å². The highest BCUT2D eigenvalue weighted by Gasteiger charge is 2.04. The van der Waals surface area contributed by atoms with Crippen LogP contribution in [-0.4, -0.2) is 22.4 Å². The van der Waals surface area contributed by atoms with E-state index in [9.17, 15) is 0 Å². The van der Waals surface area contributed by atoms with Gasteiger partial charge in [-0.2, -0.15) is 0 Å². The van der Waals surface area contributed by atoms with Crippen molar-refractivity contribution >= 4 is 34.5 Å². The number of nitrogens with zero attached hydrogens (tertiary/aromatic N) is 2. The molecule has 0 fully saturated rings. The number of rotatable bonds is 4. The summed E-state index contributed by atoms with van der Waals surface area (Å²) < 4.78 is 7.34. The van der Waals surface area contributed by atoms with E-state index in [4.69, 9.17) is 15.8 Å². The van der Waals surface area contributed by atoms with Gasteiger partial charge in [0.15, 0.2) is 0 Å². The van der Waals surface area contributed by atoms with Gasteiger partial charge in [0.2, 0.25) is 0 Å². The van der Waals surface area contributed by atoms with Crippen molar-refractivity contribution in [2.45, 2.75) is 6.54 Å². The second-order valence-corrected chi connectivity index (χ2v) is 3.96. The standard InChI is InChI=1S/C10H11ClN2OS/c1-15-14-7-6-13-5-3-8-9(13)2-4-12-10(8)11/h2-5H,6-7H2,1H3. The maximum absolute atomic E-state index is 5.97. The largest absolute Gasteiger partial charge is 0.345 e. The van der Waals surface area contributed by atoms with Gasteiger partial charge in [0, 0.05) is 30.6 Å². The van der Waals surface area contributed by atoms with Crippen molar-refractivity contribution in [3.8, 4) is 0 Å². The molecule has 0 spiro atoms. The Morgan fingerprint density at radius 2 is 2.40 bits per heavy atom. The van der Waals surface area contributed by atoms with E-state index in [0.717, 1.165) is 17.4 Å². The van der Waals surface area contributed by atoms with Crippen molar-refractivity contribution in [2.24, 2.45) is 0 Å². The summed E-state index contributed by atoms with van der Waals surface area (Å²) in [5.41, 5.74) is 1.10. The van der Waals surface area contributed by atoms with Crippen LogP contribution in [0.1, 0.15) is 0 Å². The molecular formula is C10H11ClN2OS. The van der Waals surface area contributed by atoms with Gasteiger partial charge in [-0.1, -0.05) is 11.6 Å². The average molecular weight is 243 g/mol. The maximum atomic E-state index is 5.97. The Hall–Kier alpha value is -0.710. The van der Waals surface area contributed by atoms with Crippen molar-refractivity contribution in [1.82, 2.24) is 9.55 Å². The van der Waals surface area contributed by atoms with Gasteiger partial charge < -0.3 is 8.75 Å². The summed E-state index contributed by atoms with van der Waals surface area (Å²) in [6.07, 6.45) is 5.63. The Kier molecular flexibility index (Phi) is 3.51. The smallest absolute Gasteiger partial charge is 0.138 e. The minimum absolute atomic E-state index is 0.553. The van der Waals surface area contributed by atoms with Crippen molar-refractivity contribution in [3.05, 3.63) is 29.7 Å². The molecule has 0 unspecified atom stereocenters. The lowest BCUT2D eigenvalue weighted by atomic mass is 10.3. The van der Waals surface area contributed by atoms with Crippen LogP contribution < -0.4 is 0 Å². The van der Waals surface area contributed by atoms with E-state index in [1.54, 1.807) is 6.20 Å². The van der Waals surface area contributed by atoms with Crippen molar-refractivity contribution in [2.75, 3.05) is 12.9 Å².